The fourth-order valence-corrected chi connectivity index (χ4v) is 3.34. The lowest BCUT2D eigenvalue weighted by atomic mass is 9.76. The van der Waals surface area contributed by atoms with Crippen LogP contribution >= 0.6 is 0 Å². The van der Waals surface area contributed by atoms with Crippen molar-refractivity contribution in [3.05, 3.63) is 0 Å². The van der Waals surface area contributed by atoms with Gasteiger partial charge in [0.05, 0.1) is 13.2 Å². The topological polar surface area (TPSA) is 61.8 Å². The largest absolute Gasteiger partial charge is 0.448 e. The summed E-state index contributed by atoms with van der Waals surface area (Å²) in [5, 5.41) is 13.3. The van der Waals surface area contributed by atoms with E-state index in [-0.39, 0.29) is 18.2 Å². The molecule has 1 amide bonds. The van der Waals surface area contributed by atoms with Crippen LogP contribution in [0.2, 0.25) is 0 Å². The minimum atomic E-state index is -0.192. The zero-order valence-electron chi connectivity index (χ0n) is 12.6. The number of hydrogen-bond acceptors (Lipinski definition) is 4. The van der Waals surface area contributed by atoms with Crippen molar-refractivity contribution in [2.45, 2.75) is 51.0 Å². The van der Waals surface area contributed by atoms with Gasteiger partial charge in [-0.3, -0.25) is 0 Å². The first-order valence-corrected chi connectivity index (χ1v) is 7.93. The molecule has 1 aliphatic carbocycles. The highest BCUT2D eigenvalue weighted by molar-refractivity contribution is 5.69. The molecule has 0 radical (unpaired) electrons. The Labute approximate surface area is 121 Å². The van der Waals surface area contributed by atoms with Gasteiger partial charge in [-0.05, 0) is 38.6 Å². The molecule has 1 saturated heterocycles. The lowest BCUT2D eigenvalue weighted by molar-refractivity contribution is 0.0944. The molecule has 116 valence electrons. The van der Waals surface area contributed by atoms with Crippen LogP contribution in [0.5, 0.6) is 0 Å². The Bertz CT molecular complexity index is 318. The number of amides is 1. The van der Waals surface area contributed by atoms with Gasteiger partial charge in [0, 0.05) is 12.1 Å². The van der Waals surface area contributed by atoms with E-state index in [9.17, 15) is 9.90 Å². The number of hydrogen-bond donors (Lipinski definition) is 2. The number of nitrogens with one attached hydrogen (secondary N) is 1. The maximum absolute atomic E-state index is 11.3. The lowest BCUT2D eigenvalue weighted by Gasteiger charge is -2.39. The van der Waals surface area contributed by atoms with Crippen molar-refractivity contribution >= 4 is 6.09 Å². The van der Waals surface area contributed by atoms with Crippen LogP contribution in [0.3, 0.4) is 0 Å². The van der Waals surface area contributed by atoms with Gasteiger partial charge in [0.15, 0.2) is 0 Å². The zero-order chi connectivity index (χ0) is 14.4. The van der Waals surface area contributed by atoms with Crippen molar-refractivity contribution in [2.75, 3.05) is 32.8 Å². The molecule has 0 aromatic heterocycles. The predicted octanol–water partition coefficient (Wildman–Crippen LogP) is 1.75. The van der Waals surface area contributed by atoms with Crippen LogP contribution in [0.1, 0.15) is 45.4 Å². The first-order chi connectivity index (χ1) is 9.65. The van der Waals surface area contributed by atoms with Gasteiger partial charge in [-0.1, -0.05) is 19.3 Å². The third-order valence-electron chi connectivity index (χ3n) is 4.81. The number of cyclic esters (lactones) is 1. The minimum Gasteiger partial charge on any atom is -0.448 e. The number of aliphatic hydroxyl groups excluding tert-OH is 1. The van der Waals surface area contributed by atoms with E-state index in [0.717, 1.165) is 19.5 Å². The molecule has 2 fully saturated rings. The molecule has 1 saturated carbocycles. The van der Waals surface area contributed by atoms with Crippen LogP contribution in [0.4, 0.5) is 4.79 Å². The summed E-state index contributed by atoms with van der Waals surface area (Å²) < 4.78 is 4.91. The van der Waals surface area contributed by atoms with Crippen LogP contribution in [-0.4, -0.2) is 54.5 Å². The van der Waals surface area contributed by atoms with Gasteiger partial charge < -0.3 is 20.1 Å². The second-order valence-electron chi connectivity index (χ2n) is 6.29. The van der Waals surface area contributed by atoms with Gasteiger partial charge in [-0.25, -0.2) is 4.79 Å². The van der Waals surface area contributed by atoms with Gasteiger partial charge >= 0.3 is 6.09 Å². The molecule has 5 nitrogen and oxygen atoms in total. The van der Waals surface area contributed by atoms with Crippen molar-refractivity contribution < 1.29 is 14.6 Å². The summed E-state index contributed by atoms with van der Waals surface area (Å²) in [6, 6.07) is 0. The Kier molecular flexibility index (Phi) is 5.66. The molecule has 1 unspecified atom stereocenters. The number of nitrogens with zero attached hydrogens (tertiary/aromatic N) is 1. The highest BCUT2D eigenvalue weighted by Crippen LogP contribution is 2.32. The standard InChI is InChI=1S/C15H28N2O3/c1-15(12-18,13-6-3-2-4-7-13)16-8-5-9-17-10-11-20-14(17)19/h13,16,18H,2-12H2,1H3. The lowest BCUT2D eigenvalue weighted by Crippen LogP contribution is -2.53. The van der Waals surface area contributed by atoms with E-state index in [1.54, 1.807) is 4.90 Å². The number of rotatable bonds is 7. The fourth-order valence-electron chi connectivity index (χ4n) is 3.34. The molecule has 1 heterocycles. The maximum Gasteiger partial charge on any atom is 0.409 e. The van der Waals surface area contributed by atoms with Crippen LogP contribution in [0, 0.1) is 5.92 Å². The second kappa shape index (κ2) is 7.27. The molecule has 1 atom stereocenters. The van der Waals surface area contributed by atoms with Crippen molar-refractivity contribution in [3.8, 4) is 0 Å². The molecule has 2 N–H and O–H groups in total. The van der Waals surface area contributed by atoms with Gasteiger partial charge in [0.2, 0.25) is 0 Å². The Morgan fingerprint density at radius 2 is 2.15 bits per heavy atom. The highest BCUT2D eigenvalue weighted by atomic mass is 16.6. The van der Waals surface area contributed by atoms with E-state index in [1.807, 2.05) is 0 Å². The quantitative estimate of drug-likeness (QED) is 0.699. The van der Waals surface area contributed by atoms with E-state index >= 15 is 0 Å². The number of aliphatic hydroxyl groups is 1. The Morgan fingerprint density at radius 3 is 2.75 bits per heavy atom. The molecule has 0 bridgehead atoms. The molecule has 2 aliphatic rings. The van der Waals surface area contributed by atoms with Crippen molar-refractivity contribution in [1.82, 2.24) is 10.2 Å². The van der Waals surface area contributed by atoms with Crippen molar-refractivity contribution in [2.24, 2.45) is 5.92 Å². The smallest absolute Gasteiger partial charge is 0.409 e. The highest BCUT2D eigenvalue weighted by Gasteiger charge is 2.33. The third-order valence-corrected chi connectivity index (χ3v) is 4.81. The van der Waals surface area contributed by atoms with E-state index in [0.29, 0.717) is 19.1 Å². The molecule has 1 aliphatic heterocycles. The van der Waals surface area contributed by atoms with E-state index in [2.05, 4.69) is 12.2 Å². The summed E-state index contributed by atoms with van der Waals surface area (Å²) in [5.74, 6) is 0.568. The monoisotopic (exact) mass is 284 g/mol. The normalized spacial score (nSPS) is 23.7. The summed E-state index contributed by atoms with van der Waals surface area (Å²) in [7, 11) is 0. The zero-order valence-corrected chi connectivity index (χ0v) is 12.6. The first-order valence-electron chi connectivity index (χ1n) is 7.93. The van der Waals surface area contributed by atoms with E-state index < -0.39 is 0 Å². The van der Waals surface area contributed by atoms with Crippen molar-refractivity contribution in [3.63, 3.8) is 0 Å². The molecule has 0 aromatic carbocycles. The van der Waals surface area contributed by atoms with Crippen LogP contribution in [0.15, 0.2) is 0 Å². The van der Waals surface area contributed by atoms with Gasteiger partial charge in [-0.2, -0.15) is 0 Å². The Balaban J connectivity index is 1.71. The Hall–Kier alpha value is -0.810. The summed E-state index contributed by atoms with van der Waals surface area (Å²) in [6.07, 6.45) is 7.02. The maximum atomic E-state index is 11.3. The summed E-state index contributed by atoms with van der Waals surface area (Å²) >= 11 is 0. The summed E-state index contributed by atoms with van der Waals surface area (Å²) in [5.41, 5.74) is -0.175. The van der Waals surface area contributed by atoms with Gasteiger partial charge in [-0.15, -0.1) is 0 Å². The number of ether oxygens (including phenoxy) is 1. The van der Waals surface area contributed by atoms with Gasteiger partial charge in [0.25, 0.3) is 0 Å². The predicted molar refractivity (Wildman–Crippen MR) is 77.6 cm³/mol. The Morgan fingerprint density at radius 1 is 1.40 bits per heavy atom. The number of carbonyl (C=O) groups excluding carboxylic acids is 1. The third kappa shape index (κ3) is 3.85. The summed E-state index contributed by atoms with van der Waals surface area (Å²) in [4.78, 5) is 13.1. The van der Waals surface area contributed by atoms with Crippen molar-refractivity contribution in [1.29, 1.82) is 0 Å². The first kappa shape index (κ1) is 15.6. The average Bonchev–Trinajstić information content (AvgIpc) is 2.90. The summed E-state index contributed by atoms with van der Waals surface area (Å²) in [6.45, 7) is 5.10. The van der Waals surface area contributed by atoms with Crippen LogP contribution in [-0.2, 0) is 4.74 Å². The van der Waals surface area contributed by atoms with Crippen LogP contribution in [0.25, 0.3) is 0 Å². The second-order valence-corrected chi connectivity index (χ2v) is 6.29. The molecular weight excluding hydrogens is 256 g/mol. The minimum absolute atomic E-state index is 0.175. The molecule has 2 rings (SSSR count). The van der Waals surface area contributed by atoms with Gasteiger partial charge in [0.1, 0.15) is 6.61 Å². The molecule has 20 heavy (non-hydrogen) atoms. The molecule has 5 heteroatoms. The van der Waals surface area contributed by atoms with Crippen LogP contribution < -0.4 is 5.32 Å². The molecule has 0 aromatic rings. The average molecular weight is 284 g/mol. The molecule has 0 spiro atoms. The number of carbonyl (C=O) groups is 1. The fraction of sp³-hybridized carbons (Fsp3) is 0.933. The van der Waals surface area contributed by atoms with E-state index in [1.165, 1.54) is 32.1 Å². The van der Waals surface area contributed by atoms with E-state index in [4.69, 9.17) is 4.74 Å². The SMILES string of the molecule is CC(CO)(NCCCN1CCOC1=O)C1CCCCC1. The molecular formula is C15H28N2O3.